The molecule has 2 aromatic heterocycles. The minimum atomic E-state index is -3.56. The summed E-state index contributed by atoms with van der Waals surface area (Å²) in [6, 6.07) is 23.8. The van der Waals surface area contributed by atoms with Crippen LogP contribution in [-0.4, -0.2) is 47.8 Å². The van der Waals surface area contributed by atoms with E-state index < -0.39 is 10.0 Å². The molecule has 0 bridgehead atoms. The summed E-state index contributed by atoms with van der Waals surface area (Å²) in [6.07, 6.45) is 4.27. The van der Waals surface area contributed by atoms with E-state index in [0.717, 1.165) is 28.8 Å². The predicted molar refractivity (Wildman–Crippen MR) is 183 cm³/mol. The Labute approximate surface area is 268 Å². The van der Waals surface area contributed by atoms with Gasteiger partial charge in [-0.2, -0.15) is 15.1 Å². The van der Waals surface area contributed by atoms with Crippen molar-refractivity contribution in [3.05, 3.63) is 114 Å². The van der Waals surface area contributed by atoms with Crippen LogP contribution in [-0.2, 0) is 16.4 Å². The lowest BCUT2D eigenvalue weighted by Gasteiger charge is -2.18. The fraction of sp³-hybridized carbons (Fsp3) is 0.176. The van der Waals surface area contributed by atoms with E-state index in [1.807, 2.05) is 75.4 Å². The van der Waals surface area contributed by atoms with Gasteiger partial charge in [0.1, 0.15) is 11.6 Å². The number of nitrogens with one attached hydrogen (secondary N) is 4. The Morgan fingerprint density at radius 1 is 0.891 bits per heavy atom. The van der Waals surface area contributed by atoms with Crippen molar-refractivity contribution in [2.75, 3.05) is 29.7 Å². The number of pyridine rings is 1. The summed E-state index contributed by atoms with van der Waals surface area (Å²) in [6.45, 7) is 6.10. The number of hydrazone groups is 1. The van der Waals surface area contributed by atoms with E-state index in [1.54, 1.807) is 24.5 Å². The van der Waals surface area contributed by atoms with Crippen LogP contribution in [0.3, 0.4) is 0 Å². The Morgan fingerprint density at radius 3 is 2.20 bits per heavy atom. The van der Waals surface area contributed by atoms with E-state index in [-0.39, 0.29) is 10.6 Å². The topological polar surface area (TPSA) is 154 Å². The SMILES string of the molecule is CNS(=O)(=O)c1ccc(C(C)=NNc2nc(Nc3ccccc3)nc(NCCc3ccncc3)c2-c2cc(C)c(O)c(C)c2)cc1. The van der Waals surface area contributed by atoms with E-state index in [4.69, 9.17) is 9.97 Å². The van der Waals surface area contributed by atoms with Crippen LogP contribution in [0, 0.1) is 13.8 Å². The summed E-state index contributed by atoms with van der Waals surface area (Å²) in [4.78, 5) is 14.0. The highest BCUT2D eigenvalue weighted by atomic mass is 32.2. The zero-order valence-corrected chi connectivity index (χ0v) is 26.9. The van der Waals surface area contributed by atoms with Gasteiger partial charge in [-0.05, 0) is 111 Å². The molecule has 11 nitrogen and oxygen atoms in total. The molecule has 0 spiro atoms. The number of benzene rings is 3. The van der Waals surface area contributed by atoms with E-state index in [1.165, 1.54) is 19.2 Å². The molecule has 0 aliphatic rings. The number of anilines is 4. The number of hydrogen-bond donors (Lipinski definition) is 5. The average molecular weight is 637 g/mol. The van der Waals surface area contributed by atoms with Gasteiger partial charge >= 0.3 is 0 Å². The first-order valence-corrected chi connectivity index (χ1v) is 16.1. The van der Waals surface area contributed by atoms with Crippen molar-refractivity contribution >= 4 is 39.0 Å². The van der Waals surface area contributed by atoms with E-state index in [9.17, 15) is 13.5 Å². The largest absolute Gasteiger partial charge is 0.507 e. The fourth-order valence-corrected chi connectivity index (χ4v) is 5.55. The summed E-state index contributed by atoms with van der Waals surface area (Å²) in [5.41, 5.74) is 9.33. The number of para-hydroxylation sites is 1. The van der Waals surface area contributed by atoms with Gasteiger partial charge in [-0.1, -0.05) is 30.3 Å². The minimum Gasteiger partial charge on any atom is -0.507 e. The predicted octanol–water partition coefficient (Wildman–Crippen LogP) is 6.00. The lowest BCUT2D eigenvalue weighted by molar-refractivity contribution is 0.467. The Kier molecular flexibility index (Phi) is 9.89. The van der Waals surface area contributed by atoms with Gasteiger partial charge in [0, 0.05) is 24.6 Å². The second-order valence-electron chi connectivity index (χ2n) is 10.6. The molecule has 0 aliphatic heterocycles. The highest BCUT2D eigenvalue weighted by molar-refractivity contribution is 7.89. The molecular weight excluding hydrogens is 600 g/mol. The molecule has 5 rings (SSSR count). The Bertz CT molecular complexity index is 1930. The average Bonchev–Trinajstić information content (AvgIpc) is 3.07. The maximum Gasteiger partial charge on any atom is 0.240 e. The quantitative estimate of drug-likeness (QED) is 0.0819. The van der Waals surface area contributed by atoms with Crippen LogP contribution in [0.25, 0.3) is 11.1 Å². The maximum absolute atomic E-state index is 12.2. The summed E-state index contributed by atoms with van der Waals surface area (Å²) in [7, 11) is -2.19. The Hall–Kier alpha value is -5.33. The third kappa shape index (κ3) is 7.65. The van der Waals surface area contributed by atoms with Gasteiger partial charge in [0.2, 0.25) is 16.0 Å². The molecule has 2 heterocycles. The number of hydrogen-bond acceptors (Lipinski definition) is 10. The number of phenols is 1. The second-order valence-corrected chi connectivity index (χ2v) is 12.5. The van der Waals surface area contributed by atoms with Crippen LogP contribution < -0.4 is 20.8 Å². The first-order valence-electron chi connectivity index (χ1n) is 14.7. The molecule has 0 amide bonds. The highest BCUT2D eigenvalue weighted by Crippen LogP contribution is 2.38. The third-order valence-electron chi connectivity index (χ3n) is 7.35. The number of aryl methyl sites for hydroxylation is 2. The zero-order chi connectivity index (χ0) is 32.7. The summed E-state index contributed by atoms with van der Waals surface area (Å²) >= 11 is 0. The van der Waals surface area contributed by atoms with E-state index >= 15 is 0 Å². The van der Waals surface area contributed by atoms with Crippen molar-refractivity contribution in [1.29, 1.82) is 0 Å². The standard InChI is InChI=1S/C34H36N8O3S/c1-22-20-27(21-23(2)31(22)43)30-32(37-19-16-25-14-17-36-18-15-25)39-34(38-28-8-6-5-7-9-28)40-33(30)42-41-24(3)26-10-12-29(13-11-26)46(44,45)35-4/h5-15,17-18,20-21,35,43H,16,19H2,1-4H3,(H3,37,38,39,40,42). The van der Waals surface area contributed by atoms with Crippen LogP contribution >= 0.6 is 0 Å². The summed E-state index contributed by atoms with van der Waals surface area (Å²) < 4.78 is 26.7. The van der Waals surface area contributed by atoms with Gasteiger partial charge in [0.15, 0.2) is 5.82 Å². The molecule has 0 radical (unpaired) electrons. The molecule has 0 saturated heterocycles. The minimum absolute atomic E-state index is 0.162. The van der Waals surface area contributed by atoms with Gasteiger partial charge in [-0.15, -0.1) is 0 Å². The first kappa shape index (κ1) is 32.1. The second kappa shape index (κ2) is 14.2. The van der Waals surface area contributed by atoms with Crippen molar-refractivity contribution in [2.24, 2.45) is 5.10 Å². The van der Waals surface area contributed by atoms with Gasteiger partial charge in [-0.25, -0.2) is 13.1 Å². The van der Waals surface area contributed by atoms with E-state index in [0.29, 0.717) is 46.5 Å². The monoisotopic (exact) mass is 636 g/mol. The molecule has 46 heavy (non-hydrogen) atoms. The van der Waals surface area contributed by atoms with Crippen molar-refractivity contribution in [3.63, 3.8) is 0 Å². The lowest BCUT2D eigenvalue weighted by atomic mass is 10.00. The molecule has 0 fully saturated rings. The first-order chi connectivity index (χ1) is 22.1. The maximum atomic E-state index is 12.2. The number of phenolic OH excluding ortho intramolecular Hbond substituents is 1. The molecule has 0 atom stereocenters. The summed E-state index contributed by atoms with van der Waals surface area (Å²) in [5.74, 6) is 1.58. The molecule has 0 unspecified atom stereocenters. The van der Waals surface area contributed by atoms with Gasteiger partial charge < -0.3 is 15.7 Å². The van der Waals surface area contributed by atoms with Gasteiger partial charge in [0.25, 0.3) is 0 Å². The molecule has 12 heteroatoms. The molecule has 0 aliphatic carbocycles. The van der Waals surface area contributed by atoms with Crippen molar-refractivity contribution in [2.45, 2.75) is 32.1 Å². The zero-order valence-electron chi connectivity index (χ0n) is 26.0. The van der Waals surface area contributed by atoms with Crippen molar-refractivity contribution in [1.82, 2.24) is 19.7 Å². The molecule has 0 saturated carbocycles. The Balaban J connectivity index is 1.58. The highest BCUT2D eigenvalue weighted by Gasteiger charge is 2.19. The van der Waals surface area contributed by atoms with Crippen LogP contribution in [0.2, 0.25) is 0 Å². The van der Waals surface area contributed by atoms with Gasteiger partial charge in [0.05, 0.1) is 16.2 Å². The molecule has 236 valence electrons. The van der Waals surface area contributed by atoms with Crippen LogP contribution in [0.5, 0.6) is 5.75 Å². The van der Waals surface area contributed by atoms with Crippen LogP contribution in [0.15, 0.2) is 101 Å². The van der Waals surface area contributed by atoms with E-state index in [2.05, 4.69) is 30.9 Å². The fourth-order valence-electron chi connectivity index (χ4n) is 4.82. The third-order valence-corrected chi connectivity index (χ3v) is 8.79. The van der Waals surface area contributed by atoms with Gasteiger partial charge in [-0.3, -0.25) is 10.4 Å². The molecular formula is C34H36N8O3S. The molecule has 5 N–H and O–H groups in total. The van der Waals surface area contributed by atoms with Crippen molar-refractivity contribution in [3.8, 4) is 16.9 Å². The number of nitrogens with zero attached hydrogens (tertiary/aromatic N) is 4. The number of sulfonamides is 1. The lowest BCUT2D eigenvalue weighted by Crippen LogP contribution is -2.18. The number of rotatable bonds is 12. The van der Waals surface area contributed by atoms with Crippen LogP contribution in [0.1, 0.15) is 29.2 Å². The number of aromatic hydroxyl groups is 1. The van der Waals surface area contributed by atoms with Crippen molar-refractivity contribution < 1.29 is 13.5 Å². The smallest absolute Gasteiger partial charge is 0.240 e. The normalized spacial score (nSPS) is 11.7. The molecule has 3 aromatic carbocycles. The summed E-state index contributed by atoms with van der Waals surface area (Å²) in [5, 5.41) is 22.0. The number of aromatic nitrogens is 3. The molecule has 5 aromatic rings. The van der Waals surface area contributed by atoms with Crippen LogP contribution in [0.4, 0.5) is 23.3 Å². The Morgan fingerprint density at radius 2 is 1.54 bits per heavy atom.